The lowest BCUT2D eigenvalue weighted by molar-refractivity contribution is 0.00588. The van der Waals surface area contributed by atoms with Crippen molar-refractivity contribution in [2.24, 2.45) is 23.2 Å². The number of amides is 1. The van der Waals surface area contributed by atoms with E-state index < -0.39 is 0 Å². The molecule has 0 aromatic carbocycles. The minimum absolute atomic E-state index is 0.256. The van der Waals surface area contributed by atoms with Crippen LogP contribution in [0.15, 0.2) is 17.5 Å². The molecular formula is C19H27NOS. The summed E-state index contributed by atoms with van der Waals surface area (Å²) in [7, 11) is 0. The van der Waals surface area contributed by atoms with Gasteiger partial charge < -0.3 is 4.90 Å². The zero-order valence-corrected chi connectivity index (χ0v) is 14.4. The van der Waals surface area contributed by atoms with Crippen LogP contribution in [0.2, 0.25) is 0 Å². The highest BCUT2D eigenvalue weighted by atomic mass is 32.1. The molecule has 4 saturated carbocycles. The van der Waals surface area contributed by atoms with Crippen LogP contribution in [0.1, 0.15) is 61.5 Å². The predicted octanol–water partition coefficient (Wildman–Crippen LogP) is 4.82. The van der Waals surface area contributed by atoms with Gasteiger partial charge in [0.2, 0.25) is 0 Å². The molecule has 1 aromatic rings. The fourth-order valence-electron chi connectivity index (χ4n) is 5.85. The fraction of sp³-hybridized carbons (Fsp3) is 0.737. The molecule has 0 spiro atoms. The Morgan fingerprint density at radius 3 is 2.50 bits per heavy atom. The van der Waals surface area contributed by atoms with E-state index in [9.17, 15) is 4.79 Å². The summed E-state index contributed by atoms with van der Waals surface area (Å²) in [5, 5.41) is 2.01. The Labute approximate surface area is 137 Å². The van der Waals surface area contributed by atoms with E-state index in [1.54, 1.807) is 11.3 Å². The second kappa shape index (κ2) is 5.67. The Bertz CT molecular complexity index is 522. The first kappa shape index (κ1) is 14.7. The smallest absolute Gasteiger partial charge is 0.263 e. The van der Waals surface area contributed by atoms with Gasteiger partial charge >= 0.3 is 0 Å². The molecule has 0 unspecified atom stereocenters. The van der Waals surface area contributed by atoms with Crippen LogP contribution in [0.5, 0.6) is 0 Å². The van der Waals surface area contributed by atoms with Gasteiger partial charge in [0.25, 0.3) is 5.91 Å². The van der Waals surface area contributed by atoms with Crippen molar-refractivity contribution < 1.29 is 4.79 Å². The van der Waals surface area contributed by atoms with Crippen LogP contribution in [-0.2, 0) is 0 Å². The van der Waals surface area contributed by atoms with Gasteiger partial charge in [0.1, 0.15) is 0 Å². The lowest BCUT2D eigenvalue weighted by Crippen LogP contribution is -2.47. The summed E-state index contributed by atoms with van der Waals surface area (Å²) < 4.78 is 0. The highest BCUT2D eigenvalue weighted by molar-refractivity contribution is 7.12. The molecule has 2 atom stereocenters. The molecule has 2 nitrogen and oxygen atoms in total. The van der Waals surface area contributed by atoms with E-state index >= 15 is 0 Å². The number of carbonyl (C=O) groups is 1. The third-order valence-corrected chi connectivity index (χ3v) is 7.27. The second-order valence-corrected chi connectivity index (χ2v) is 9.00. The minimum Gasteiger partial charge on any atom is -0.338 e. The largest absolute Gasteiger partial charge is 0.338 e. The maximum Gasteiger partial charge on any atom is 0.263 e. The van der Waals surface area contributed by atoms with Crippen molar-refractivity contribution >= 4 is 17.2 Å². The van der Waals surface area contributed by atoms with Gasteiger partial charge in [-0.25, -0.2) is 0 Å². The van der Waals surface area contributed by atoms with Gasteiger partial charge in [-0.15, -0.1) is 11.3 Å². The average molecular weight is 317 g/mol. The molecule has 120 valence electrons. The number of thiophene rings is 1. The van der Waals surface area contributed by atoms with E-state index in [2.05, 4.69) is 11.8 Å². The highest BCUT2D eigenvalue weighted by Gasteiger charge is 2.49. The molecule has 4 aliphatic rings. The Morgan fingerprint density at radius 2 is 1.91 bits per heavy atom. The van der Waals surface area contributed by atoms with Crippen LogP contribution in [-0.4, -0.2) is 23.9 Å². The zero-order chi connectivity index (χ0) is 15.2. The van der Waals surface area contributed by atoms with Crippen molar-refractivity contribution in [2.45, 2.75) is 51.9 Å². The van der Waals surface area contributed by atoms with Crippen molar-refractivity contribution in [3.05, 3.63) is 22.4 Å². The molecular weight excluding hydrogens is 290 g/mol. The number of carbonyl (C=O) groups excluding carboxylic acids is 1. The summed E-state index contributed by atoms with van der Waals surface area (Å²) in [5.74, 6) is 3.10. The van der Waals surface area contributed by atoms with Crippen molar-refractivity contribution in [1.29, 1.82) is 0 Å². The lowest BCUT2D eigenvalue weighted by Gasteiger charge is -2.50. The number of nitrogens with zero attached hydrogens (tertiary/aromatic N) is 1. The van der Waals surface area contributed by atoms with Crippen LogP contribution in [0.4, 0.5) is 0 Å². The van der Waals surface area contributed by atoms with Crippen LogP contribution >= 0.6 is 11.3 Å². The molecule has 1 amide bonds. The first-order valence-electron chi connectivity index (χ1n) is 9.00. The van der Waals surface area contributed by atoms with Crippen molar-refractivity contribution in [2.75, 3.05) is 13.1 Å². The average Bonchev–Trinajstić information content (AvgIpc) is 2.95. The van der Waals surface area contributed by atoms with Crippen molar-refractivity contribution in [1.82, 2.24) is 4.90 Å². The molecule has 0 saturated heterocycles. The quantitative estimate of drug-likeness (QED) is 0.780. The molecule has 0 N–H and O–H groups in total. The zero-order valence-electron chi connectivity index (χ0n) is 13.6. The molecule has 22 heavy (non-hydrogen) atoms. The number of rotatable bonds is 4. The van der Waals surface area contributed by atoms with Gasteiger partial charge in [0.05, 0.1) is 4.88 Å². The summed E-state index contributed by atoms with van der Waals surface area (Å²) in [6, 6.07) is 3.96. The topological polar surface area (TPSA) is 20.3 Å². The van der Waals surface area contributed by atoms with Gasteiger partial charge in [-0.1, -0.05) is 18.9 Å². The van der Waals surface area contributed by atoms with E-state index in [-0.39, 0.29) is 5.91 Å². The second-order valence-electron chi connectivity index (χ2n) is 8.06. The first-order chi connectivity index (χ1) is 10.7. The molecule has 5 rings (SSSR count). The predicted molar refractivity (Wildman–Crippen MR) is 91.1 cm³/mol. The Hall–Kier alpha value is -0.830. The highest BCUT2D eigenvalue weighted by Crippen LogP contribution is 2.57. The van der Waals surface area contributed by atoms with E-state index in [0.29, 0.717) is 5.41 Å². The lowest BCUT2D eigenvalue weighted by atomic mass is 9.58. The van der Waals surface area contributed by atoms with Crippen LogP contribution in [0, 0.1) is 23.2 Å². The molecule has 0 radical (unpaired) electrons. The summed E-state index contributed by atoms with van der Waals surface area (Å²) in [5.41, 5.74) is 0.440. The van der Waals surface area contributed by atoms with E-state index in [1.807, 2.05) is 17.5 Å². The van der Waals surface area contributed by atoms with Crippen molar-refractivity contribution in [3.8, 4) is 0 Å². The third-order valence-electron chi connectivity index (χ3n) is 6.41. The van der Waals surface area contributed by atoms with Gasteiger partial charge in [0, 0.05) is 13.1 Å². The van der Waals surface area contributed by atoms with Crippen molar-refractivity contribution in [3.63, 3.8) is 0 Å². The van der Waals surface area contributed by atoms with E-state index in [0.717, 1.165) is 35.7 Å². The SMILES string of the molecule is CCN(CC12CC3C[C@H](CC[C@@H](C3)C1)C2)C(=O)c1cccs1. The maximum absolute atomic E-state index is 12.8. The summed E-state index contributed by atoms with van der Waals surface area (Å²) in [6.07, 6.45) is 10.0. The Morgan fingerprint density at radius 1 is 1.23 bits per heavy atom. The third kappa shape index (κ3) is 2.62. The summed E-state index contributed by atoms with van der Waals surface area (Å²) >= 11 is 1.58. The van der Waals surface area contributed by atoms with Gasteiger partial charge in [-0.2, -0.15) is 0 Å². The molecule has 1 aromatic heterocycles. The number of hydrogen-bond donors (Lipinski definition) is 0. The summed E-state index contributed by atoms with van der Waals surface area (Å²) in [4.78, 5) is 15.8. The first-order valence-corrected chi connectivity index (χ1v) is 9.88. The van der Waals surface area contributed by atoms with Gasteiger partial charge in [0.15, 0.2) is 0 Å². The van der Waals surface area contributed by atoms with Gasteiger partial charge in [-0.05, 0) is 73.6 Å². The fourth-order valence-corrected chi connectivity index (χ4v) is 6.54. The number of fused-ring (bicyclic) bond motifs is 1. The molecule has 4 aliphatic carbocycles. The molecule has 3 heteroatoms. The number of hydrogen-bond acceptors (Lipinski definition) is 2. The van der Waals surface area contributed by atoms with Crippen LogP contribution < -0.4 is 0 Å². The van der Waals surface area contributed by atoms with Gasteiger partial charge in [-0.3, -0.25) is 4.79 Å². The standard InChI is InChI=1S/C19H27NOS/c1-2-20(18(21)17-4-3-7-22-17)13-19-10-14-5-6-15(11-19)9-16(8-14)12-19/h3-4,7,14-16H,2,5-6,8-13H2,1H3/t14-,15-,16?,19?/m0/s1. The summed E-state index contributed by atoms with van der Waals surface area (Å²) in [6.45, 7) is 3.99. The normalized spacial score (nSPS) is 36.3. The molecule has 1 heterocycles. The van der Waals surface area contributed by atoms with E-state index in [1.165, 1.54) is 44.9 Å². The minimum atomic E-state index is 0.256. The molecule has 4 fully saturated rings. The Balaban J connectivity index is 1.55. The molecule has 0 aliphatic heterocycles. The Kier molecular flexibility index (Phi) is 3.80. The van der Waals surface area contributed by atoms with Crippen LogP contribution in [0.25, 0.3) is 0 Å². The maximum atomic E-state index is 12.8. The monoisotopic (exact) mass is 317 g/mol. The van der Waals surface area contributed by atoms with E-state index in [4.69, 9.17) is 0 Å². The van der Waals surface area contributed by atoms with Crippen LogP contribution in [0.3, 0.4) is 0 Å². The molecule has 4 bridgehead atoms.